The van der Waals surface area contributed by atoms with E-state index < -0.39 is 0 Å². The number of hydrogen-bond donors (Lipinski definition) is 0. The lowest BCUT2D eigenvalue weighted by Crippen LogP contribution is -2.30. The Morgan fingerprint density at radius 2 is 1.77 bits per heavy atom. The molecule has 0 spiro atoms. The van der Waals surface area contributed by atoms with Crippen molar-refractivity contribution in [3.8, 4) is 0 Å². The third kappa shape index (κ3) is 3.37. The fourth-order valence-corrected chi connectivity index (χ4v) is 4.83. The van der Waals surface area contributed by atoms with Gasteiger partial charge < -0.3 is 4.42 Å². The molecule has 3 aromatic carbocycles. The molecule has 0 saturated carbocycles. The Labute approximate surface area is 178 Å². The molecule has 0 radical (unpaired) electrons. The third-order valence-electron chi connectivity index (χ3n) is 5.11. The van der Waals surface area contributed by atoms with Crippen molar-refractivity contribution in [2.24, 2.45) is 0 Å². The number of aromatic nitrogens is 1. The van der Waals surface area contributed by atoms with Crippen LogP contribution in [0.25, 0.3) is 21.2 Å². The molecule has 0 unspecified atom stereocenters. The lowest BCUT2D eigenvalue weighted by atomic mass is 10.1. The highest BCUT2D eigenvalue weighted by Gasteiger charge is 2.25. The minimum absolute atomic E-state index is 0.191. The van der Waals surface area contributed by atoms with Gasteiger partial charge in [0.25, 0.3) is 5.91 Å². The smallest absolute Gasteiger partial charge is 0.296 e. The molecule has 148 valence electrons. The predicted octanol–water partition coefficient (Wildman–Crippen LogP) is 6.51. The number of para-hydroxylation sites is 1. The topological polar surface area (TPSA) is 46.3 Å². The van der Waals surface area contributed by atoms with Crippen molar-refractivity contribution in [2.45, 2.75) is 20.4 Å². The highest BCUT2D eigenvalue weighted by atomic mass is 32.1. The van der Waals surface area contributed by atoms with Crippen LogP contribution >= 0.6 is 11.3 Å². The van der Waals surface area contributed by atoms with Crippen LogP contribution in [-0.2, 0) is 6.54 Å². The first-order chi connectivity index (χ1) is 14.6. The standard InChI is InChI=1S/C25H20N2O2S/c1-16-12-17(2)23-22(13-16)30-25(26-23)27(15-18-8-4-3-5-9-18)24(28)21-14-19-10-6-7-11-20(19)29-21/h3-14H,15H2,1-2H3. The molecule has 1 amide bonds. The van der Waals surface area contributed by atoms with Gasteiger partial charge in [0.05, 0.1) is 16.8 Å². The number of anilines is 1. The SMILES string of the molecule is Cc1cc(C)c2nc(N(Cc3ccccc3)C(=O)c3cc4ccccc4o3)sc2c1. The normalized spacial score (nSPS) is 11.3. The molecule has 5 aromatic rings. The Morgan fingerprint density at radius 1 is 1.00 bits per heavy atom. The molecule has 0 bridgehead atoms. The number of benzene rings is 3. The van der Waals surface area contributed by atoms with Crippen LogP contribution in [0.4, 0.5) is 5.13 Å². The number of fused-ring (bicyclic) bond motifs is 2. The number of rotatable bonds is 4. The highest BCUT2D eigenvalue weighted by molar-refractivity contribution is 7.22. The second-order valence-electron chi connectivity index (χ2n) is 7.45. The number of nitrogens with zero attached hydrogens (tertiary/aromatic N) is 2. The molecule has 0 aliphatic carbocycles. The quantitative estimate of drug-likeness (QED) is 0.338. The number of hydrogen-bond acceptors (Lipinski definition) is 4. The van der Waals surface area contributed by atoms with Gasteiger partial charge in [0.1, 0.15) is 5.58 Å². The number of carbonyl (C=O) groups is 1. The molecule has 0 N–H and O–H groups in total. The van der Waals surface area contributed by atoms with Crippen molar-refractivity contribution in [3.63, 3.8) is 0 Å². The van der Waals surface area contributed by atoms with E-state index in [9.17, 15) is 4.79 Å². The van der Waals surface area contributed by atoms with E-state index in [0.29, 0.717) is 23.0 Å². The molecule has 0 atom stereocenters. The van der Waals surface area contributed by atoms with E-state index in [0.717, 1.165) is 26.7 Å². The van der Waals surface area contributed by atoms with Crippen LogP contribution in [0.1, 0.15) is 27.2 Å². The van der Waals surface area contributed by atoms with Crippen LogP contribution in [-0.4, -0.2) is 10.9 Å². The molecular weight excluding hydrogens is 392 g/mol. The van der Waals surface area contributed by atoms with Gasteiger partial charge in [0.2, 0.25) is 0 Å². The van der Waals surface area contributed by atoms with Gasteiger partial charge in [0, 0.05) is 5.39 Å². The van der Waals surface area contributed by atoms with E-state index in [1.165, 1.54) is 16.9 Å². The van der Waals surface area contributed by atoms with Crippen LogP contribution in [0.5, 0.6) is 0 Å². The average Bonchev–Trinajstić information content (AvgIpc) is 3.36. The van der Waals surface area contributed by atoms with Crippen LogP contribution in [0.15, 0.2) is 77.2 Å². The fraction of sp³-hybridized carbons (Fsp3) is 0.120. The van der Waals surface area contributed by atoms with Gasteiger partial charge in [-0.1, -0.05) is 65.9 Å². The summed E-state index contributed by atoms with van der Waals surface area (Å²) in [6, 6.07) is 23.7. The lowest BCUT2D eigenvalue weighted by Gasteiger charge is -2.18. The van der Waals surface area contributed by atoms with E-state index in [2.05, 4.69) is 26.0 Å². The number of amides is 1. The summed E-state index contributed by atoms with van der Waals surface area (Å²) in [4.78, 5) is 20.1. The average molecular weight is 413 g/mol. The Morgan fingerprint density at radius 3 is 2.57 bits per heavy atom. The molecule has 0 aliphatic rings. The van der Waals surface area contributed by atoms with Crippen LogP contribution in [0.3, 0.4) is 0 Å². The zero-order chi connectivity index (χ0) is 20.7. The number of aryl methyl sites for hydroxylation is 2. The summed E-state index contributed by atoms with van der Waals surface area (Å²) in [5, 5.41) is 1.59. The molecular formula is C25H20N2O2S. The van der Waals surface area contributed by atoms with E-state index in [-0.39, 0.29) is 5.91 Å². The number of thiazole rings is 1. The second-order valence-corrected chi connectivity index (χ2v) is 8.46. The molecule has 0 aliphatic heterocycles. The van der Waals surface area contributed by atoms with Gasteiger partial charge in [-0.3, -0.25) is 9.69 Å². The Hall–Kier alpha value is -3.44. The van der Waals surface area contributed by atoms with E-state index >= 15 is 0 Å². The zero-order valence-electron chi connectivity index (χ0n) is 16.8. The maximum atomic E-state index is 13.5. The van der Waals surface area contributed by atoms with Crippen molar-refractivity contribution in [2.75, 3.05) is 4.90 Å². The van der Waals surface area contributed by atoms with Gasteiger partial charge in [-0.25, -0.2) is 4.98 Å². The van der Waals surface area contributed by atoms with E-state index in [4.69, 9.17) is 9.40 Å². The van der Waals surface area contributed by atoms with Crippen molar-refractivity contribution < 1.29 is 9.21 Å². The van der Waals surface area contributed by atoms with Gasteiger partial charge in [-0.15, -0.1) is 0 Å². The van der Waals surface area contributed by atoms with Crippen LogP contribution in [0, 0.1) is 13.8 Å². The highest BCUT2D eigenvalue weighted by Crippen LogP contribution is 2.33. The minimum atomic E-state index is -0.191. The monoisotopic (exact) mass is 412 g/mol. The van der Waals surface area contributed by atoms with Gasteiger partial charge in [0.15, 0.2) is 10.9 Å². The predicted molar refractivity (Wildman–Crippen MR) is 122 cm³/mol. The largest absolute Gasteiger partial charge is 0.451 e. The molecule has 5 heteroatoms. The summed E-state index contributed by atoms with van der Waals surface area (Å²) in [6.45, 7) is 4.56. The third-order valence-corrected chi connectivity index (χ3v) is 6.14. The lowest BCUT2D eigenvalue weighted by molar-refractivity contribution is 0.0960. The summed E-state index contributed by atoms with van der Waals surface area (Å²) in [5.74, 6) is 0.128. The van der Waals surface area contributed by atoms with Crippen molar-refractivity contribution >= 4 is 43.6 Å². The van der Waals surface area contributed by atoms with Crippen molar-refractivity contribution in [1.82, 2.24) is 4.98 Å². The van der Waals surface area contributed by atoms with Crippen LogP contribution in [0.2, 0.25) is 0 Å². The first-order valence-electron chi connectivity index (χ1n) is 9.80. The molecule has 0 fully saturated rings. The summed E-state index contributed by atoms with van der Waals surface area (Å²) in [7, 11) is 0. The molecule has 4 nitrogen and oxygen atoms in total. The van der Waals surface area contributed by atoms with Gasteiger partial charge >= 0.3 is 0 Å². The minimum Gasteiger partial charge on any atom is -0.451 e. The Bertz CT molecular complexity index is 1340. The van der Waals surface area contributed by atoms with Gasteiger partial charge in [-0.2, -0.15) is 0 Å². The van der Waals surface area contributed by atoms with Gasteiger partial charge in [-0.05, 0) is 48.7 Å². The van der Waals surface area contributed by atoms with Crippen molar-refractivity contribution in [1.29, 1.82) is 0 Å². The Kier molecular flexibility index (Phi) is 4.60. The molecule has 30 heavy (non-hydrogen) atoms. The summed E-state index contributed by atoms with van der Waals surface area (Å²) in [5.41, 5.74) is 4.98. The number of furan rings is 1. The fourth-order valence-electron chi connectivity index (χ4n) is 3.69. The summed E-state index contributed by atoms with van der Waals surface area (Å²) in [6.07, 6.45) is 0. The van der Waals surface area contributed by atoms with E-state index in [1.807, 2.05) is 54.6 Å². The second kappa shape index (κ2) is 7.43. The maximum absolute atomic E-state index is 13.5. The summed E-state index contributed by atoms with van der Waals surface area (Å²) < 4.78 is 6.95. The van der Waals surface area contributed by atoms with E-state index in [1.54, 1.807) is 11.0 Å². The number of carbonyl (C=O) groups excluding carboxylic acids is 1. The maximum Gasteiger partial charge on any atom is 0.296 e. The molecule has 2 aromatic heterocycles. The molecule has 2 heterocycles. The van der Waals surface area contributed by atoms with Crippen LogP contribution < -0.4 is 4.90 Å². The molecule has 0 saturated heterocycles. The van der Waals surface area contributed by atoms with Crippen molar-refractivity contribution in [3.05, 3.63) is 95.2 Å². The first kappa shape index (κ1) is 18.6. The summed E-state index contributed by atoms with van der Waals surface area (Å²) >= 11 is 1.54. The molecule has 5 rings (SSSR count). The first-order valence-corrected chi connectivity index (χ1v) is 10.6. The zero-order valence-corrected chi connectivity index (χ0v) is 17.6. The Balaban J connectivity index is 1.61.